The second kappa shape index (κ2) is 11.8. The molecule has 0 heterocycles. The Labute approximate surface area is 200 Å². The predicted octanol–water partition coefficient (Wildman–Crippen LogP) is 2.85. The molecule has 2 aromatic carbocycles. The highest BCUT2D eigenvalue weighted by molar-refractivity contribution is 7.92. The highest BCUT2D eigenvalue weighted by Gasteiger charge is 2.31. The number of carbonyl (C=O) groups excluding carboxylic acids is 2. The molecule has 0 unspecified atom stereocenters. The number of carbonyl (C=O) groups is 2. The van der Waals surface area contributed by atoms with Gasteiger partial charge in [-0.1, -0.05) is 31.2 Å². The summed E-state index contributed by atoms with van der Waals surface area (Å²) in [5, 5.41) is 2.73. The summed E-state index contributed by atoms with van der Waals surface area (Å²) < 4.78 is 46.0. The quantitative estimate of drug-likeness (QED) is 0.519. The summed E-state index contributed by atoms with van der Waals surface area (Å²) in [5.74, 6) is -1.32. The standard InChI is InChI=1S/C24H32FN3O5S/c1-6-13-26-24(30)18(3)27(15-19-9-7-8-10-20(19)25)23(29)16-28(34(5,31)32)21-14-17(2)11-12-22(21)33-4/h7-12,14,18H,6,13,15-16H2,1-5H3,(H,26,30)/t18-/m1/s1. The maximum atomic E-state index is 14.4. The molecule has 0 bridgehead atoms. The van der Waals surface area contributed by atoms with Crippen molar-refractivity contribution in [2.24, 2.45) is 0 Å². The molecule has 0 aromatic heterocycles. The number of hydrogen-bond donors (Lipinski definition) is 1. The summed E-state index contributed by atoms with van der Waals surface area (Å²) >= 11 is 0. The van der Waals surface area contributed by atoms with E-state index in [9.17, 15) is 22.4 Å². The fourth-order valence-electron chi connectivity index (χ4n) is 3.38. The molecule has 186 valence electrons. The lowest BCUT2D eigenvalue weighted by Crippen LogP contribution is -2.51. The van der Waals surface area contributed by atoms with Crippen LogP contribution >= 0.6 is 0 Å². The average Bonchev–Trinajstić information content (AvgIpc) is 2.79. The number of rotatable bonds is 11. The minimum atomic E-state index is -3.91. The molecular weight excluding hydrogens is 461 g/mol. The van der Waals surface area contributed by atoms with Crippen LogP contribution in [0.4, 0.5) is 10.1 Å². The molecule has 0 saturated carbocycles. The zero-order valence-corrected chi connectivity index (χ0v) is 21.0. The Kier molecular flexibility index (Phi) is 9.43. The monoisotopic (exact) mass is 493 g/mol. The first-order valence-corrected chi connectivity index (χ1v) is 12.8. The van der Waals surface area contributed by atoms with Crippen LogP contribution in [0.15, 0.2) is 42.5 Å². The molecule has 2 amide bonds. The van der Waals surface area contributed by atoms with Gasteiger partial charge in [-0.2, -0.15) is 0 Å². The Balaban J connectivity index is 2.46. The third-order valence-electron chi connectivity index (χ3n) is 5.30. The number of nitrogens with zero attached hydrogens (tertiary/aromatic N) is 2. The third-order valence-corrected chi connectivity index (χ3v) is 6.42. The number of hydrogen-bond acceptors (Lipinski definition) is 5. The van der Waals surface area contributed by atoms with E-state index in [0.717, 1.165) is 16.1 Å². The van der Waals surface area contributed by atoms with Crippen LogP contribution in [0, 0.1) is 12.7 Å². The number of nitrogens with one attached hydrogen (secondary N) is 1. The molecule has 2 rings (SSSR count). The lowest BCUT2D eigenvalue weighted by Gasteiger charge is -2.32. The molecule has 0 aliphatic rings. The molecule has 0 aliphatic carbocycles. The van der Waals surface area contributed by atoms with Crippen LogP contribution in [0.3, 0.4) is 0 Å². The fraction of sp³-hybridized carbons (Fsp3) is 0.417. The smallest absolute Gasteiger partial charge is 0.244 e. The summed E-state index contributed by atoms with van der Waals surface area (Å²) in [6.45, 7) is 4.85. The molecule has 0 saturated heterocycles. The fourth-order valence-corrected chi connectivity index (χ4v) is 4.22. The van der Waals surface area contributed by atoms with Crippen molar-refractivity contribution in [2.45, 2.75) is 39.8 Å². The minimum Gasteiger partial charge on any atom is -0.495 e. The molecule has 2 aromatic rings. The summed E-state index contributed by atoms with van der Waals surface area (Å²) in [5.41, 5.74) is 1.18. The van der Waals surface area contributed by atoms with Crippen LogP contribution in [0.5, 0.6) is 5.75 Å². The van der Waals surface area contributed by atoms with Crippen molar-refractivity contribution in [1.82, 2.24) is 10.2 Å². The molecule has 34 heavy (non-hydrogen) atoms. The highest BCUT2D eigenvalue weighted by Crippen LogP contribution is 2.31. The summed E-state index contributed by atoms with van der Waals surface area (Å²) in [6.07, 6.45) is 1.69. The Morgan fingerprint density at radius 3 is 2.44 bits per heavy atom. The highest BCUT2D eigenvalue weighted by atomic mass is 32.2. The summed E-state index contributed by atoms with van der Waals surface area (Å²) in [4.78, 5) is 27.3. The molecule has 1 atom stereocenters. The molecule has 0 aliphatic heterocycles. The molecule has 0 radical (unpaired) electrons. The predicted molar refractivity (Wildman–Crippen MR) is 130 cm³/mol. The van der Waals surface area contributed by atoms with Crippen LogP contribution in [-0.4, -0.2) is 57.6 Å². The topological polar surface area (TPSA) is 96.0 Å². The van der Waals surface area contributed by atoms with E-state index >= 15 is 0 Å². The maximum absolute atomic E-state index is 14.4. The Hall–Kier alpha value is -3.14. The summed E-state index contributed by atoms with van der Waals surface area (Å²) in [7, 11) is -2.50. The van der Waals surface area contributed by atoms with E-state index in [4.69, 9.17) is 4.74 Å². The van der Waals surface area contributed by atoms with Crippen molar-refractivity contribution in [2.75, 3.05) is 30.8 Å². The van der Waals surface area contributed by atoms with Gasteiger partial charge in [0.2, 0.25) is 21.8 Å². The average molecular weight is 494 g/mol. The molecule has 8 nitrogen and oxygen atoms in total. The molecule has 10 heteroatoms. The van der Waals surface area contributed by atoms with Crippen LogP contribution in [0.2, 0.25) is 0 Å². The number of anilines is 1. The van der Waals surface area contributed by atoms with Crippen LogP contribution in [0.1, 0.15) is 31.4 Å². The van der Waals surface area contributed by atoms with Crippen LogP contribution in [0.25, 0.3) is 0 Å². The number of sulfonamides is 1. The minimum absolute atomic E-state index is 0.200. The number of halogens is 1. The first-order chi connectivity index (χ1) is 16.0. The van der Waals surface area contributed by atoms with Crippen LogP contribution in [-0.2, 0) is 26.2 Å². The Morgan fingerprint density at radius 2 is 1.85 bits per heavy atom. The van der Waals surface area contributed by atoms with E-state index in [2.05, 4.69) is 5.32 Å². The number of ether oxygens (including phenoxy) is 1. The zero-order chi connectivity index (χ0) is 25.5. The number of benzene rings is 2. The Morgan fingerprint density at radius 1 is 1.18 bits per heavy atom. The van der Waals surface area contributed by atoms with Gasteiger partial charge in [-0.15, -0.1) is 0 Å². The van der Waals surface area contributed by atoms with E-state index in [1.54, 1.807) is 31.2 Å². The van der Waals surface area contributed by atoms with Gasteiger partial charge in [0.25, 0.3) is 0 Å². The lowest BCUT2D eigenvalue weighted by molar-refractivity contribution is -0.139. The van der Waals surface area contributed by atoms with Crippen molar-refractivity contribution in [1.29, 1.82) is 0 Å². The van der Waals surface area contributed by atoms with Gasteiger partial charge in [0.1, 0.15) is 24.2 Å². The first-order valence-electron chi connectivity index (χ1n) is 10.9. The van der Waals surface area contributed by atoms with Crippen molar-refractivity contribution in [3.63, 3.8) is 0 Å². The molecule has 0 fully saturated rings. The second-order valence-electron chi connectivity index (χ2n) is 8.02. The molecular formula is C24H32FN3O5S. The van der Waals surface area contributed by atoms with Crippen molar-refractivity contribution in [3.8, 4) is 5.75 Å². The molecule has 0 spiro atoms. The van der Waals surface area contributed by atoms with Crippen molar-refractivity contribution < 1.29 is 27.1 Å². The molecule has 1 N–H and O–H groups in total. The van der Waals surface area contributed by atoms with Gasteiger partial charge in [-0.3, -0.25) is 13.9 Å². The van der Waals surface area contributed by atoms with Gasteiger partial charge in [0.05, 0.1) is 19.1 Å². The lowest BCUT2D eigenvalue weighted by atomic mass is 10.1. The Bertz CT molecular complexity index is 1120. The van der Waals surface area contributed by atoms with Gasteiger partial charge >= 0.3 is 0 Å². The van der Waals surface area contributed by atoms with Gasteiger partial charge in [-0.25, -0.2) is 12.8 Å². The van der Waals surface area contributed by atoms with E-state index in [-0.39, 0.29) is 23.5 Å². The largest absolute Gasteiger partial charge is 0.495 e. The van der Waals surface area contributed by atoms with E-state index in [0.29, 0.717) is 13.0 Å². The van der Waals surface area contributed by atoms with Gasteiger partial charge in [-0.05, 0) is 44.0 Å². The second-order valence-corrected chi connectivity index (χ2v) is 9.93. The summed E-state index contributed by atoms with van der Waals surface area (Å²) in [6, 6.07) is 9.96. The maximum Gasteiger partial charge on any atom is 0.244 e. The zero-order valence-electron chi connectivity index (χ0n) is 20.2. The normalized spacial score (nSPS) is 12.1. The van der Waals surface area contributed by atoms with Crippen LogP contribution < -0.4 is 14.4 Å². The van der Waals surface area contributed by atoms with E-state index in [1.807, 2.05) is 6.92 Å². The van der Waals surface area contributed by atoms with E-state index < -0.39 is 40.2 Å². The van der Waals surface area contributed by atoms with Crippen molar-refractivity contribution in [3.05, 3.63) is 59.4 Å². The number of amides is 2. The third kappa shape index (κ3) is 6.93. The van der Waals surface area contributed by atoms with Gasteiger partial charge in [0, 0.05) is 18.7 Å². The van der Waals surface area contributed by atoms with Gasteiger partial charge in [0.15, 0.2) is 0 Å². The first kappa shape index (κ1) is 27.1. The SMILES string of the molecule is CCCNC(=O)[C@@H](C)N(Cc1ccccc1F)C(=O)CN(c1cc(C)ccc1OC)S(C)(=O)=O. The van der Waals surface area contributed by atoms with Gasteiger partial charge < -0.3 is 15.0 Å². The van der Waals surface area contributed by atoms with E-state index in [1.165, 1.54) is 37.1 Å². The number of aryl methyl sites for hydroxylation is 1. The number of methoxy groups -OCH3 is 1. The van der Waals surface area contributed by atoms with Crippen molar-refractivity contribution >= 4 is 27.5 Å².